The molecule has 4 rings (SSSR count). The molecular weight excluding hydrogens is 352 g/mol. The van der Waals surface area contributed by atoms with Gasteiger partial charge in [0, 0.05) is 6.42 Å². The molecule has 1 N–H and O–H groups in total. The fourth-order valence-electron chi connectivity index (χ4n) is 5.45. The molecule has 2 heterocycles. The van der Waals surface area contributed by atoms with Crippen molar-refractivity contribution < 1.29 is 9.47 Å². The predicted molar refractivity (Wildman–Crippen MR) is 99.4 cm³/mol. The van der Waals surface area contributed by atoms with E-state index in [-0.39, 0.29) is 5.90 Å². The molecule has 3 fully saturated rings. The smallest absolute Gasteiger partial charge is 0.217 e. The highest BCUT2D eigenvalue weighted by molar-refractivity contribution is 5.89. The van der Waals surface area contributed by atoms with Crippen LogP contribution in [0.3, 0.4) is 0 Å². The highest BCUT2D eigenvalue weighted by atomic mass is 16.7. The average Bonchev–Trinajstić information content (AvgIpc) is 2.92. The van der Waals surface area contributed by atoms with Gasteiger partial charge >= 0.3 is 0 Å². The van der Waals surface area contributed by atoms with Gasteiger partial charge in [0.05, 0.1) is 24.1 Å². The number of nitrogens with zero attached hydrogens (tertiary/aromatic N) is 3. The Morgan fingerprint density at radius 2 is 1.89 bits per heavy atom. The molecule has 6 nitrogen and oxygen atoms in total. The molecule has 1 aromatic rings. The fraction of sp³-hybridized carbons (Fsp3) is 0.545. The number of benzene rings is 1. The summed E-state index contributed by atoms with van der Waals surface area (Å²) in [6, 6.07) is 13.9. The third-order valence-electron chi connectivity index (χ3n) is 7.07. The van der Waals surface area contributed by atoms with Crippen LogP contribution in [-0.4, -0.2) is 11.7 Å². The molecular formula is C22H22N4O2. The molecule has 6 heteroatoms. The van der Waals surface area contributed by atoms with Crippen LogP contribution in [0.2, 0.25) is 0 Å². The van der Waals surface area contributed by atoms with Crippen molar-refractivity contribution in [3.63, 3.8) is 0 Å². The molecule has 3 aliphatic rings. The Labute approximate surface area is 164 Å². The molecule has 2 aliphatic heterocycles. The topological polar surface area (TPSA) is 114 Å². The lowest BCUT2D eigenvalue weighted by Crippen LogP contribution is -2.61. The van der Waals surface area contributed by atoms with E-state index in [2.05, 4.69) is 25.1 Å². The van der Waals surface area contributed by atoms with Crippen molar-refractivity contribution in [1.29, 1.82) is 21.2 Å². The molecule has 0 amide bonds. The van der Waals surface area contributed by atoms with Crippen LogP contribution >= 0.6 is 0 Å². The number of nitriles is 3. The Morgan fingerprint density at radius 1 is 1.18 bits per heavy atom. The van der Waals surface area contributed by atoms with E-state index >= 15 is 0 Å². The van der Waals surface area contributed by atoms with Crippen molar-refractivity contribution in [2.24, 2.45) is 22.7 Å². The van der Waals surface area contributed by atoms with Crippen LogP contribution in [0.15, 0.2) is 24.3 Å². The average molecular weight is 374 g/mol. The first-order chi connectivity index (χ1) is 13.4. The number of rotatable bonds is 2. The zero-order valence-electron chi connectivity index (χ0n) is 16.0. The van der Waals surface area contributed by atoms with Crippen molar-refractivity contribution in [3.05, 3.63) is 35.4 Å². The third kappa shape index (κ3) is 1.95. The minimum absolute atomic E-state index is 0.295. The predicted octanol–water partition coefficient (Wildman–Crippen LogP) is 4.14. The lowest BCUT2D eigenvalue weighted by atomic mass is 9.50. The number of ether oxygens (including phenoxy) is 2. The molecule has 0 radical (unpaired) electrons. The second-order valence-electron chi connectivity index (χ2n) is 8.15. The Bertz CT molecular complexity index is 954. The molecule has 5 unspecified atom stereocenters. The fourth-order valence-corrected chi connectivity index (χ4v) is 5.45. The first kappa shape index (κ1) is 18.5. The highest BCUT2D eigenvalue weighted by Crippen LogP contribution is 2.70. The van der Waals surface area contributed by atoms with Crippen LogP contribution in [0.25, 0.3) is 0 Å². The number of hydrogen-bond donors (Lipinski definition) is 1. The summed E-state index contributed by atoms with van der Waals surface area (Å²) in [5.74, 6) is -1.57. The summed E-state index contributed by atoms with van der Waals surface area (Å²) in [5, 5.41) is 39.4. The Kier molecular flexibility index (Phi) is 4.00. The molecule has 142 valence electrons. The van der Waals surface area contributed by atoms with Gasteiger partial charge in [-0.15, -0.1) is 0 Å². The SMILES string of the molecule is CCC1CCC23OC(=N)C(C#N)(C2C1)C(C#N)(C#N)C(c1ccccc1C)O3. The van der Waals surface area contributed by atoms with E-state index < -0.39 is 28.6 Å². The van der Waals surface area contributed by atoms with Crippen molar-refractivity contribution in [2.45, 2.75) is 51.4 Å². The maximum atomic E-state index is 10.3. The highest BCUT2D eigenvalue weighted by Gasteiger charge is 2.80. The van der Waals surface area contributed by atoms with Gasteiger partial charge in [-0.25, -0.2) is 0 Å². The molecule has 1 aromatic carbocycles. The van der Waals surface area contributed by atoms with E-state index in [1.54, 1.807) is 0 Å². The zero-order valence-corrected chi connectivity index (χ0v) is 16.0. The third-order valence-corrected chi connectivity index (χ3v) is 7.07. The number of nitrogens with one attached hydrogen (secondary N) is 1. The lowest BCUT2D eigenvalue weighted by Gasteiger charge is -2.53. The van der Waals surface area contributed by atoms with Gasteiger partial charge < -0.3 is 9.47 Å². The van der Waals surface area contributed by atoms with Crippen molar-refractivity contribution in [1.82, 2.24) is 0 Å². The van der Waals surface area contributed by atoms with Crippen LogP contribution in [0.5, 0.6) is 0 Å². The normalized spacial score (nSPS) is 37.7. The minimum Gasteiger partial charge on any atom is -0.447 e. The summed E-state index contributed by atoms with van der Waals surface area (Å²) >= 11 is 0. The van der Waals surface area contributed by atoms with Gasteiger partial charge in [-0.3, -0.25) is 5.41 Å². The quantitative estimate of drug-likeness (QED) is 0.835. The molecule has 0 aromatic heterocycles. The van der Waals surface area contributed by atoms with Crippen LogP contribution in [0.1, 0.15) is 49.8 Å². The largest absolute Gasteiger partial charge is 0.447 e. The van der Waals surface area contributed by atoms with Crippen molar-refractivity contribution >= 4 is 5.90 Å². The maximum absolute atomic E-state index is 10.3. The summed E-state index contributed by atoms with van der Waals surface area (Å²) in [4.78, 5) is 0. The van der Waals surface area contributed by atoms with Crippen LogP contribution in [-0.2, 0) is 9.47 Å². The zero-order chi connectivity index (χ0) is 20.2. The van der Waals surface area contributed by atoms with Crippen LogP contribution < -0.4 is 0 Å². The molecule has 5 atom stereocenters. The Balaban J connectivity index is 1.99. The molecule has 2 saturated heterocycles. The summed E-state index contributed by atoms with van der Waals surface area (Å²) in [7, 11) is 0. The van der Waals surface area contributed by atoms with E-state index in [1.807, 2.05) is 31.2 Å². The van der Waals surface area contributed by atoms with E-state index in [9.17, 15) is 15.8 Å². The van der Waals surface area contributed by atoms with Gasteiger partial charge in [-0.05, 0) is 36.8 Å². The standard InChI is InChI=1S/C22H22N4O2/c1-3-15-8-9-22-17(10-15)21(13-25,19(26)28-22)20(11-23,12-24)18(27-22)16-7-5-4-6-14(16)2/h4-7,15,17-18,26H,3,8-10H2,1-2H3. The first-order valence-electron chi connectivity index (χ1n) is 9.69. The second kappa shape index (κ2) is 6.06. The maximum Gasteiger partial charge on any atom is 0.217 e. The van der Waals surface area contributed by atoms with E-state index in [1.165, 1.54) is 0 Å². The Hall–Kier alpha value is -2.88. The van der Waals surface area contributed by atoms with E-state index in [0.29, 0.717) is 24.3 Å². The molecule has 0 spiro atoms. The second-order valence-corrected chi connectivity index (χ2v) is 8.15. The van der Waals surface area contributed by atoms with Gasteiger partial charge in [-0.2, -0.15) is 15.8 Å². The van der Waals surface area contributed by atoms with Crippen molar-refractivity contribution in [3.8, 4) is 18.2 Å². The molecule has 1 saturated carbocycles. The van der Waals surface area contributed by atoms with Gasteiger partial charge in [-0.1, -0.05) is 37.6 Å². The summed E-state index contributed by atoms with van der Waals surface area (Å²) in [5.41, 5.74) is -1.93. The van der Waals surface area contributed by atoms with Gasteiger partial charge in [0.1, 0.15) is 6.10 Å². The molecule has 1 aliphatic carbocycles. The summed E-state index contributed by atoms with van der Waals surface area (Å²) in [6.07, 6.45) is 2.01. The van der Waals surface area contributed by atoms with Crippen LogP contribution in [0, 0.1) is 69.0 Å². The molecule has 2 bridgehead atoms. The summed E-state index contributed by atoms with van der Waals surface area (Å²) in [6.45, 7) is 3.99. The van der Waals surface area contributed by atoms with E-state index in [4.69, 9.17) is 14.9 Å². The van der Waals surface area contributed by atoms with E-state index in [0.717, 1.165) is 18.4 Å². The summed E-state index contributed by atoms with van der Waals surface area (Å²) < 4.78 is 12.4. The van der Waals surface area contributed by atoms with Crippen molar-refractivity contribution in [2.75, 3.05) is 0 Å². The number of hydrogen-bond acceptors (Lipinski definition) is 6. The number of aryl methyl sites for hydroxylation is 1. The lowest BCUT2D eigenvalue weighted by molar-refractivity contribution is -0.299. The first-order valence-corrected chi connectivity index (χ1v) is 9.69. The Morgan fingerprint density at radius 3 is 2.50 bits per heavy atom. The van der Waals surface area contributed by atoms with Gasteiger partial charge in [0.2, 0.25) is 17.1 Å². The van der Waals surface area contributed by atoms with Gasteiger partial charge in [0.15, 0.2) is 5.41 Å². The minimum atomic E-state index is -1.86. The molecule has 28 heavy (non-hydrogen) atoms. The van der Waals surface area contributed by atoms with Crippen LogP contribution in [0.4, 0.5) is 0 Å². The monoisotopic (exact) mass is 374 g/mol. The van der Waals surface area contributed by atoms with Gasteiger partial charge in [0.25, 0.3) is 0 Å².